The third-order valence-corrected chi connectivity index (χ3v) is 5.38. The maximum atomic E-state index is 12.6. The van der Waals surface area contributed by atoms with Gasteiger partial charge in [-0.15, -0.1) is 37.1 Å². The zero-order chi connectivity index (χ0) is 21.4. The molecule has 0 amide bonds. The van der Waals surface area contributed by atoms with E-state index in [2.05, 4.69) is 19.9 Å². The summed E-state index contributed by atoms with van der Waals surface area (Å²) in [4.78, 5) is 6.38. The standard InChI is InChI=1S/C21H30F3N3O3.HI/c1-25-20(26-14-16-6-2-3-8-19(16)30-21(22,23)24)27-11-9-17(10-12-27)29-15-18-7-4-5-13-28-18;/h2-3,6,8,17-18H,4-5,7,9-15H2,1H3,(H,25,26);1H. The van der Waals surface area contributed by atoms with Crippen molar-refractivity contribution < 1.29 is 27.4 Å². The van der Waals surface area contributed by atoms with Crippen LogP contribution in [0.4, 0.5) is 13.2 Å². The minimum absolute atomic E-state index is 0. The van der Waals surface area contributed by atoms with E-state index in [0.717, 1.165) is 45.4 Å². The third kappa shape index (κ3) is 8.64. The summed E-state index contributed by atoms with van der Waals surface area (Å²) in [7, 11) is 1.67. The molecule has 1 aromatic rings. The van der Waals surface area contributed by atoms with Gasteiger partial charge in [0, 0.05) is 38.9 Å². The summed E-state index contributed by atoms with van der Waals surface area (Å²) in [5.41, 5.74) is 0.418. The lowest BCUT2D eigenvalue weighted by Gasteiger charge is -2.35. The molecule has 10 heteroatoms. The predicted molar refractivity (Wildman–Crippen MR) is 123 cm³/mol. The number of para-hydroxylation sites is 1. The summed E-state index contributed by atoms with van der Waals surface area (Å²) in [6, 6.07) is 6.12. The van der Waals surface area contributed by atoms with Crippen molar-refractivity contribution in [2.75, 3.05) is 33.4 Å². The molecule has 6 nitrogen and oxygen atoms in total. The molecule has 0 aromatic heterocycles. The van der Waals surface area contributed by atoms with Crippen LogP contribution in [-0.2, 0) is 16.0 Å². The van der Waals surface area contributed by atoms with E-state index < -0.39 is 6.36 Å². The fraction of sp³-hybridized carbons (Fsp3) is 0.667. The molecule has 0 aliphatic carbocycles. The molecular weight excluding hydrogens is 526 g/mol. The van der Waals surface area contributed by atoms with Gasteiger partial charge in [0.05, 0.1) is 18.8 Å². The summed E-state index contributed by atoms with van der Waals surface area (Å²) >= 11 is 0. The van der Waals surface area contributed by atoms with Gasteiger partial charge in [0.25, 0.3) is 0 Å². The molecule has 2 aliphatic heterocycles. The fourth-order valence-electron chi connectivity index (χ4n) is 3.80. The van der Waals surface area contributed by atoms with Gasteiger partial charge in [-0.2, -0.15) is 0 Å². The molecular formula is C21H31F3IN3O3. The average molecular weight is 557 g/mol. The highest BCUT2D eigenvalue weighted by molar-refractivity contribution is 14.0. The van der Waals surface area contributed by atoms with E-state index in [1.165, 1.54) is 18.6 Å². The molecule has 0 bridgehead atoms. The van der Waals surface area contributed by atoms with Crippen LogP contribution in [0.5, 0.6) is 5.75 Å². The molecule has 2 saturated heterocycles. The summed E-state index contributed by atoms with van der Waals surface area (Å²) < 4.78 is 53.7. The molecule has 1 atom stereocenters. The van der Waals surface area contributed by atoms with E-state index >= 15 is 0 Å². The van der Waals surface area contributed by atoms with Crippen LogP contribution >= 0.6 is 24.0 Å². The number of piperidine rings is 1. The van der Waals surface area contributed by atoms with Gasteiger partial charge >= 0.3 is 6.36 Å². The number of likely N-dealkylation sites (tertiary alicyclic amines) is 1. The summed E-state index contributed by atoms with van der Waals surface area (Å²) in [6.07, 6.45) is 0.843. The minimum Gasteiger partial charge on any atom is -0.405 e. The number of nitrogens with one attached hydrogen (secondary N) is 1. The lowest BCUT2D eigenvalue weighted by Crippen LogP contribution is -2.47. The first-order chi connectivity index (χ1) is 14.4. The van der Waals surface area contributed by atoms with Crippen LogP contribution in [-0.4, -0.2) is 62.8 Å². The number of benzene rings is 1. The highest BCUT2D eigenvalue weighted by Gasteiger charge is 2.32. The molecule has 2 heterocycles. The Bertz CT molecular complexity index is 692. The molecule has 176 valence electrons. The topological polar surface area (TPSA) is 55.3 Å². The molecule has 1 unspecified atom stereocenters. The first-order valence-corrected chi connectivity index (χ1v) is 10.5. The highest BCUT2D eigenvalue weighted by Crippen LogP contribution is 2.26. The van der Waals surface area contributed by atoms with Crippen LogP contribution in [0.2, 0.25) is 0 Å². The van der Waals surface area contributed by atoms with Gasteiger partial charge in [-0.05, 0) is 38.2 Å². The van der Waals surface area contributed by atoms with Gasteiger partial charge in [0.1, 0.15) is 5.75 Å². The Balaban J connectivity index is 0.00000341. The van der Waals surface area contributed by atoms with Crippen molar-refractivity contribution in [3.63, 3.8) is 0 Å². The smallest absolute Gasteiger partial charge is 0.405 e. The van der Waals surface area contributed by atoms with Crippen molar-refractivity contribution in [1.82, 2.24) is 10.2 Å². The summed E-state index contributed by atoms with van der Waals surface area (Å²) in [5.74, 6) is 0.455. The number of hydrogen-bond acceptors (Lipinski definition) is 4. The minimum atomic E-state index is -4.72. The van der Waals surface area contributed by atoms with Gasteiger partial charge in [-0.1, -0.05) is 18.2 Å². The monoisotopic (exact) mass is 557 g/mol. The Morgan fingerprint density at radius 3 is 2.58 bits per heavy atom. The Morgan fingerprint density at radius 2 is 1.94 bits per heavy atom. The summed E-state index contributed by atoms with van der Waals surface area (Å²) in [6.45, 7) is 3.21. The van der Waals surface area contributed by atoms with Crippen molar-refractivity contribution in [2.45, 2.75) is 57.2 Å². The quantitative estimate of drug-likeness (QED) is 0.321. The van der Waals surface area contributed by atoms with Crippen molar-refractivity contribution >= 4 is 29.9 Å². The number of guanidine groups is 1. The first-order valence-electron chi connectivity index (χ1n) is 10.5. The van der Waals surface area contributed by atoms with E-state index in [4.69, 9.17) is 9.47 Å². The fourth-order valence-corrected chi connectivity index (χ4v) is 3.80. The molecule has 0 spiro atoms. The van der Waals surface area contributed by atoms with Gasteiger partial charge < -0.3 is 24.4 Å². The van der Waals surface area contributed by atoms with Crippen LogP contribution in [0, 0.1) is 0 Å². The molecule has 2 fully saturated rings. The van der Waals surface area contributed by atoms with Gasteiger partial charge in [-0.3, -0.25) is 4.99 Å². The zero-order valence-electron chi connectivity index (χ0n) is 17.7. The molecule has 31 heavy (non-hydrogen) atoms. The SMILES string of the molecule is CN=C(NCc1ccccc1OC(F)(F)F)N1CCC(OCC2CCCCO2)CC1.I. The van der Waals surface area contributed by atoms with Crippen molar-refractivity contribution in [1.29, 1.82) is 0 Å². The van der Waals surface area contributed by atoms with E-state index in [1.807, 2.05) is 0 Å². The number of hydrogen-bond donors (Lipinski definition) is 1. The number of nitrogens with zero attached hydrogens (tertiary/aromatic N) is 2. The molecule has 3 rings (SSSR count). The summed E-state index contributed by atoms with van der Waals surface area (Å²) in [5, 5.41) is 3.15. The van der Waals surface area contributed by atoms with Crippen LogP contribution < -0.4 is 10.1 Å². The average Bonchev–Trinajstić information content (AvgIpc) is 2.74. The van der Waals surface area contributed by atoms with Crippen molar-refractivity contribution in [2.24, 2.45) is 4.99 Å². The Kier molecular flexibility index (Phi) is 10.6. The highest BCUT2D eigenvalue weighted by atomic mass is 127. The second-order valence-corrected chi connectivity index (χ2v) is 7.56. The maximum absolute atomic E-state index is 12.6. The lowest BCUT2D eigenvalue weighted by atomic mass is 10.1. The number of rotatable bonds is 6. The Morgan fingerprint density at radius 1 is 1.19 bits per heavy atom. The number of halogens is 4. The molecule has 1 N–H and O–H groups in total. The Hall–Kier alpha value is -1.27. The number of alkyl halides is 3. The zero-order valence-corrected chi connectivity index (χ0v) is 20.0. The second-order valence-electron chi connectivity index (χ2n) is 7.56. The molecule has 1 aromatic carbocycles. The van der Waals surface area contributed by atoms with Crippen LogP contribution in [0.15, 0.2) is 29.3 Å². The van der Waals surface area contributed by atoms with Crippen LogP contribution in [0.3, 0.4) is 0 Å². The number of ether oxygens (including phenoxy) is 3. The van der Waals surface area contributed by atoms with Gasteiger partial charge in [-0.25, -0.2) is 0 Å². The molecule has 2 aliphatic rings. The normalized spacial score (nSPS) is 20.8. The van der Waals surface area contributed by atoms with E-state index in [0.29, 0.717) is 18.1 Å². The third-order valence-electron chi connectivity index (χ3n) is 5.38. The van der Waals surface area contributed by atoms with E-state index in [1.54, 1.807) is 19.2 Å². The van der Waals surface area contributed by atoms with Crippen LogP contribution in [0.25, 0.3) is 0 Å². The molecule has 0 radical (unpaired) electrons. The van der Waals surface area contributed by atoms with Crippen molar-refractivity contribution in [3.8, 4) is 5.75 Å². The van der Waals surface area contributed by atoms with Crippen molar-refractivity contribution in [3.05, 3.63) is 29.8 Å². The maximum Gasteiger partial charge on any atom is 0.573 e. The van der Waals surface area contributed by atoms with Gasteiger partial charge in [0.15, 0.2) is 5.96 Å². The van der Waals surface area contributed by atoms with Crippen LogP contribution in [0.1, 0.15) is 37.7 Å². The lowest BCUT2D eigenvalue weighted by molar-refractivity contribution is -0.274. The molecule has 0 saturated carbocycles. The van der Waals surface area contributed by atoms with E-state index in [9.17, 15) is 13.2 Å². The number of aliphatic imine (C=N–C) groups is 1. The largest absolute Gasteiger partial charge is 0.573 e. The first kappa shape index (κ1) is 26.0. The van der Waals surface area contributed by atoms with E-state index in [-0.39, 0.29) is 48.5 Å². The Labute approximate surface area is 198 Å². The predicted octanol–water partition coefficient (Wildman–Crippen LogP) is 4.33. The van der Waals surface area contributed by atoms with Gasteiger partial charge in [0.2, 0.25) is 0 Å². The second kappa shape index (κ2) is 12.7.